The Balaban J connectivity index is 2.22. The van der Waals surface area contributed by atoms with E-state index in [1.807, 2.05) is 0 Å². The van der Waals surface area contributed by atoms with Crippen LogP contribution >= 0.6 is 0 Å². The average Bonchev–Trinajstić information content (AvgIpc) is 2.60. The van der Waals surface area contributed by atoms with Gasteiger partial charge < -0.3 is 45.1 Å². The van der Waals surface area contributed by atoms with E-state index < -0.39 is 80.6 Å². The van der Waals surface area contributed by atoms with Crippen molar-refractivity contribution in [2.45, 2.75) is 68.4 Å². The minimum Gasteiger partial charge on any atom is -0.394 e. The summed E-state index contributed by atoms with van der Waals surface area (Å²) in [5.41, 5.74) is 0. The van der Waals surface area contributed by atoms with E-state index in [9.17, 15) is 39.1 Å². The molecule has 2 heterocycles. The Labute approximate surface area is 147 Å². The van der Waals surface area contributed by atoms with Crippen LogP contribution in [0.4, 0.5) is 8.78 Å². The van der Waals surface area contributed by atoms with Crippen molar-refractivity contribution < 1.29 is 53.3 Å². The summed E-state index contributed by atoms with van der Waals surface area (Å²) in [5.74, 6) is -0.618. The molecule has 10 nitrogen and oxygen atoms in total. The third kappa shape index (κ3) is 4.28. The summed E-state index contributed by atoms with van der Waals surface area (Å²) in [6, 6.07) is -1.35. The van der Waals surface area contributed by atoms with Crippen molar-refractivity contribution in [3.8, 4) is 0 Å². The molecular weight excluding hydrogens is 364 g/mol. The van der Waals surface area contributed by atoms with E-state index in [-0.39, 0.29) is 0 Å². The molecule has 2 aliphatic heterocycles. The zero-order chi connectivity index (χ0) is 19.6. The lowest BCUT2D eigenvalue weighted by Crippen LogP contribution is -2.67. The molecule has 12 heteroatoms. The van der Waals surface area contributed by atoms with Crippen LogP contribution in [0.1, 0.15) is 6.92 Å². The smallest absolute Gasteiger partial charge is 0.233 e. The molecule has 2 saturated heterocycles. The number of halogens is 2. The molecule has 0 aromatic rings. The second kappa shape index (κ2) is 8.80. The van der Waals surface area contributed by atoms with Gasteiger partial charge in [0, 0.05) is 6.92 Å². The number of carbonyl (C=O) groups excluding carboxylic acids is 1. The first kappa shape index (κ1) is 21.3. The number of hydrogen-bond acceptors (Lipinski definition) is 9. The fourth-order valence-electron chi connectivity index (χ4n) is 2.93. The highest BCUT2D eigenvalue weighted by atomic mass is 19.2. The summed E-state index contributed by atoms with van der Waals surface area (Å²) < 4.78 is 42.4. The van der Waals surface area contributed by atoms with Gasteiger partial charge in [-0.05, 0) is 0 Å². The number of carbonyl (C=O) groups is 1. The Hall–Kier alpha value is -0.990. The normalized spacial score (nSPS) is 46.8. The largest absolute Gasteiger partial charge is 0.394 e. The minimum atomic E-state index is -2.47. The quantitative estimate of drug-likeness (QED) is 0.284. The molecule has 0 saturated carbocycles. The molecule has 152 valence electrons. The van der Waals surface area contributed by atoms with Crippen LogP contribution in [0.15, 0.2) is 0 Å². The Morgan fingerprint density at radius 3 is 2.19 bits per heavy atom. The van der Waals surface area contributed by atoms with Crippen LogP contribution in [0.3, 0.4) is 0 Å². The van der Waals surface area contributed by atoms with Gasteiger partial charge in [-0.25, -0.2) is 8.78 Å². The van der Waals surface area contributed by atoms with Gasteiger partial charge in [0.25, 0.3) is 0 Å². The fraction of sp³-hybridized carbons (Fsp3) is 0.929. The average molecular weight is 387 g/mol. The molecule has 2 fully saturated rings. The summed E-state index contributed by atoms with van der Waals surface area (Å²) >= 11 is 0. The summed E-state index contributed by atoms with van der Waals surface area (Å²) in [4.78, 5) is 11.3. The van der Waals surface area contributed by atoms with Gasteiger partial charge in [0.1, 0.15) is 42.7 Å². The predicted octanol–water partition coefficient (Wildman–Crippen LogP) is -3.30. The third-order valence-corrected chi connectivity index (χ3v) is 4.31. The van der Waals surface area contributed by atoms with Gasteiger partial charge in [-0.3, -0.25) is 4.79 Å². The van der Waals surface area contributed by atoms with E-state index in [4.69, 9.17) is 9.47 Å². The fourth-order valence-corrected chi connectivity index (χ4v) is 2.93. The molecular formula is C14H23F2NO9. The van der Waals surface area contributed by atoms with Crippen LogP contribution in [0.25, 0.3) is 0 Å². The third-order valence-electron chi connectivity index (χ3n) is 4.31. The maximum Gasteiger partial charge on any atom is 0.233 e. The van der Waals surface area contributed by atoms with Crippen LogP contribution in [-0.4, -0.2) is 106 Å². The standard InChI is InChI=1S/C14H23F2NO9/c1-4(20)17-8-11(23)9(21)5(2-18)25-14(8)26-12-6(3-19)24-13(16)7(15)10(12)22/h5-14,18-19,21-23H,2-3H2,1H3,(H,17,20). The lowest BCUT2D eigenvalue weighted by Gasteiger charge is -2.46. The van der Waals surface area contributed by atoms with E-state index in [1.54, 1.807) is 0 Å². The van der Waals surface area contributed by atoms with Crippen LogP contribution in [0.2, 0.25) is 0 Å². The molecule has 26 heavy (non-hydrogen) atoms. The van der Waals surface area contributed by atoms with Crippen molar-refractivity contribution in [1.29, 1.82) is 0 Å². The Kier molecular flexibility index (Phi) is 7.21. The first-order chi connectivity index (χ1) is 12.2. The highest BCUT2D eigenvalue weighted by molar-refractivity contribution is 5.73. The van der Waals surface area contributed by atoms with Crippen molar-refractivity contribution >= 4 is 5.91 Å². The maximum atomic E-state index is 13.7. The zero-order valence-electron chi connectivity index (χ0n) is 13.8. The Bertz CT molecular complexity index is 485. The van der Waals surface area contributed by atoms with Crippen LogP contribution in [-0.2, 0) is 19.0 Å². The molecule has 10 unspecified atom stereocenters. The van der Waals surface area contributed by atoms with Gasteiger partial charge in [-0.2, -0.15) is 0 Å². The number of nitrogens with one attached hydrogen (secondary N) is 1. The van der Waals surface area contributed by atoms with E-state index in [0.717, 1.165) is 6.92 Å². The van der Waals surface area contributed by atoms with Gasteiger partial charge in [-0.1, -0.05) is 0 Å². The molecule has 1 amide bonds. The van der Waals surface area contributed by atoms with Crippen molar-refractivity contribution in [1.82, 2.24) is 5.32 Å². The first-order valence-corrected chi connectivity index (χ1v) is 7.98. The molecule has 6 N–H and O–H groups in total. The van der Waals surface area contributed by atoms with Crippen LogP contribution in [0.5, 0.6) is 0 Å². The number of hydrogen-bond donors (Lipinski definition) is 6. The number of aliphatic hydroxyl groups excluding tert-OH is 5. The number of amides is 1. The summed E-state index contributed by atoms with van der Waals surface area (Å²) in [6.07, 6.45) is -16.1. The predicted molar refractivity (Wildman–Crippen MR) is 78.0 cm³/mol. The molecule has 0 aliphatic carbocycles. The van der Waals surface area contributed by atoms with Gasteiger partial charge in [0.15, 0.2) is 12.5 Å². The highest BCUT2D eigenvalue weighted by Gasteiger charge is 2.51. The maximum absolute atomic E-state index is 13.7. The molecule has 0 bridgehead atoms. The van der Waals surface area contributed by atoms with Crippen molar-refractivity contribution in [3.05, 3.63) is 0 Å². The summed E-state index contributed by atoms with van der Waals surface area (Å²) in [6.45, 7) is -0.411. The van der Waals surface area contributed by atoms with Gasteiger partial charge in [0.05, 0.1) is 13.2 Å². The van der Waals surface area contributed by atoms with Crippen LogP contribution in [0, 0.1) is 0 Å². The Morgan fingerprint density at radius 2 is 1.65 bits per heavy atom. The lowest BCUT2D eigenvalue weighted by molar-refractivity contribution is -0.327. The van der Waals surface area contributed by atoms with E-state index >= 15 is 0 Å². The zero-order valence-corrected chi connectivity index (χ0v) is 13.8. The molecule has 10 atom stereocenters. The monoisotopic (exact) mass is 387 g/mol. The van der Waals surface area contributed by atoms with E-state index in [2.05, 4.69) is 10.1 Å². The summed E-state index contributed by atoms with van der Waals surface area (Å²) in [5, 5.41) is 50.8. The molecule has 2 aliphatic rings. The Morgan fingerprint density at radius 1 is 1.04 bits per heavy atom. The van der Waals surface area contributed by atoms with Crippen LogP contribution < -0.4 is 5.32 Å². The van der Waals surface area contributed by atoms with Gasteiger partial charge >= 0.3 is 0 Å². The number of rotatable bonds is 5. The van der Waals surface area contributed by atoms with Crippen molar-refractivity contribution in [2.24, 2.45) is 0 Å². The first-order valence-electron chi connectivity index (χ1n) is 7.98. The van der Waals surface area contributed by atoms with Gasteiger partial charge in [-0.15, -0.1) is 0 Å². The molecule has 0 radical (unpaired) electrons. The van der Waals surface area contributed by atoms with E-state index in [1.165, 1.54) is 0 Å². The van der Waals surface area contributed by atoms with E-state index in [0.29, 0.717) is 0 Å². The van der Waals surface area contributed by atoms with Crippen molar-refractivity contribution in [2.75, 3.05) is 13.2 Å². The summed E-state index contributed by atoms with van der Waals surface area (Å²) in [7, 11) is 0. The molecule has 2 rings (SSSR count). The molecule has 0 spiro atoms. The number of ether oxygens (including phenoxy) is 3. The number of alkyl halides is 2. The van der Waals surface area contributed by atoms with Gasteiger partial charge in [0.2, 0.25) is 12.3 Å². The second-order valence-corrected chi connectivity index (χ2v) is 6.18. The van der Waals surface area contributed by atoms with Crippen molar-refractivity contribution in [3.63, 3.8) is 0 Å². The number of aliphatic hydroxyl groups is 5. The SMILES string of the molecule is CC(=O)NC1C(OC2C(CO)OC(F)C(F)C2O)OC(CO)C(O)C1O. The minimum absolute atomic E-state index is 0.618. The lowest BCUT2D eigenvalue weighted by atomic mass is 9.96. The second-order valence-electron chi connectivity index (χ2n) is 6.18. The topological polar surface area (TPSA) is 158 Å². The molecule has 0 aromatic carbocycles. The highest BCUT2D eigenvalue weighted by Crippen LogP contribution is 2.30. The molecule has 0 aromatic heterocycles.